The Morgan fingerprint density at radius 2 is 2.26 bits per heavy atom. The minimum Gasteiger partial charge on any atom is -0.476 e. The molecule has 0 bridgehead atoms. The van der Waals surface area contributed by atoms with Crippen molar-refractivity contribution in [2.75, 3.05) is 5.32 Å². The van der Waals surface area contributed by atoms with Crippen molar-refractivity contribution in [2.45, 2.75) is 26.8 Å². The maximum absolute atomic E-state index is 10.7. The van der Waals surface area contributed by atoms with E-state index in [4.69, 9.17) is 5.11 Å². The number of aryl methyl sites for hydroxylation is 2. The molecule has 2 aromatic rings. The number of carboxylic acids is 1. The molecule has 0 radical (unpaired) electrons. The second-order valence-electron chi connectivity index (χ2n) is 4.30. The van der Waals surface area contributed by atoms with E-state index in [0.717, 1.165) is 29.1 Å². The van der Waals surface area contributed by atoms with E-state index in [2.05, 4.69) is 36.3 Å². The molecular formula is C14H16N2O2S. The van der Waals surface area contributed by atoms with Gasteiger partial charge in [-0.15, -0.1) is 11.3 Å². The number of benzene rings is 1. The molecule has 0 saturated carbocycles. The highest BCUT2D eigenvalue weighted by atomic mass is 32.1. The van der Waals surface area contributed by atoms with Crippen molar-refractivity contribution in [3.63, 3.8) is 0 Å². The number of carbonyl (C=O) groups is 1. The Hall–Kier alpha value is -1.88. The Morgan fingerprint density at radius 1 is 1.47 bits per heavy atom. The lowest BCUT2D eigenvalue weighted by atomic mass is 10.1. The van der Waals surface area contributed by atoms with E-state index in [1.54, 1.807) is 5.38 Å². The first kappa shape index (κ1) is 13.5. The molecule has 0 aliphatic rings. The van der Waals surface area contributed by atoms with Gasteiger partial charge in [0.25, 0.3) is 0 Å². The van der Waals surface area contributed by atoms with Crippen molar-refractivity contribution in [3.05, 3.63) is 45.4 Å². The average Bonchev–Trinajstić information content (AvgIpc) is 2.87. The predicted molar refractivity (Wildman–Crippen MR) is 77.0 cm³/mol. The van der Waals surface area contributed by atoms with Crippen molar-refractivity contribution in [1.29, 1.82) is 0 Å². The Kier molecular flexibility index (Phi) is 4.16. The molecule has 4 nitrogen and oxygen atoms in total. The van der Waals surface area contributed by atoms with Crippen LogP contribution in [-0.2, 0) is 13.0 Å². The SMILES string of the molecule is CCc1cc(NCc2csc(C(=O)O)n2)ccc1C. The summed E-state index contributed by atoms with van der Waals surface area (Å²) in [7, 11) is 0. The minimum absolute atomic E-state index is 0.134. The van der Waals surface area contributed by atoms with Gasteiger partial charge in [-0.05, 0) is 36.6 Å². The Bertz CT molecular complexity index is 593. The number of hydrogen-bond acceptors (Lipinski definition) is 4. The molecule has 0 aliphatic heterocycles. The highest BCUT2D eigenvalue weighted by Gasteiger charge is 2.08. The summed E-state index contributed by atoms with van der Waals surface area (Å²) >= 11 is 1.15. The first-order valence-electron chi connectivity index (χ1n) is 6.11. The molecule has 1 heterocycles. The van der Waals surface area contributed by atoms with Crippen LogP contribution in [-0.4, -0.2) is 16.1 Å². The normalized spacial score (nSPS) is 10.4. The van der Waals surface area contributed by atoms with Crippen molar-refractivity contribution in [1.82, 2.24) is 4.98 Å². The third-order valence-corrected chi connectivity index (χ3v) is 3.82. The van der Waals surface area contributed by atoms with Crippen LogP contribution < -0.4 is 5.32 Å². The fraction of sp³-hybridized carbons (Fsp3) is 0.286. The summed E-state index contributed by atoms with van der Waals surface area (Å²) in [6.07, 6.45) is 1.00. The van der Waals surface area contributed by atoms with E-state index in [0.29, 0.717) is 6.54 Å². The summed E-state index contributed by atoms with van der Waals surface area (Å²) in [6.45, 7) is 4.77. The van der Waals surface area contributed by atoms with Gasteiger partial charge in [-0.25, -0.2) is 9.78 Å². The van der Waals surface area contributed by atoms with Crippen LogP contribution in [0.15, 0.2) is 23.6 Å². The highest BCUT2D eigenvalue weighted by Crippen LogP contribution is 2.17. The zero-order valence-electron chi connectivity index (χ0n) is 10.9. The standard InChI is InChI=1S/C14H16N2O2S/c1-3-10-6-11(5-4-9(10)2)15-7-12-8-19-13(16-12)14(17)18/h4-6,8,15H,3,7H2,1-2H3,(H,17,18). The number of aromatic nitrogens is 1. The van der Waals surface area contributed by atoms with Crippen LogP contribution in [0.3, 0.4) is 0 Å². The van der Waals surface area contributed by atoms with Gasteiger partial charge in [0, 0.05) is 11.1 Å². The van der Waals surface area contributed by atoms with Gasteiger partial charge >= 0.3 is 5.97 Å². The van der Waals surface area contributed by atoms with Crippen LogP contribution in [0, 0.1) is 6.92 Å². The molecule has 5 heteroatoms. The Morgan fingerprint density at radius 3 is 2.89 bits per heavy atom. The molecule has 0 spiro atoms. The Labute approximate surface area is 116 Å². The van der Waals surface area contributed by atoms with Crippen LogP contribution in [0.2, 0.25) is 0 Å². The monoisotopic (exact) mass is 276 g/mol. The van der Waals surface area contributed by atoms with Gasteiger partial charge in [0.05, 0.1) is 12.2 Å². The quantitative estimate of drug-likeness (QED) is 0.879. The van der Waals surface area contributed by atoms with Gasteiger partial charge in [0.1, 0.15) is 0 Å². The van der Waals surface area contributed by atoms with E-state index in [9.17, 15) is 4.79 Å². The number of nitrogens with one attached hydrogen (secondary N) is 1. The molecular weight excluding hydrogens is 260 g/mol. The maximum Gasteiger partial charge on any atom is 0.365 e. The molecule has 0 amide bonds. The van der Waals surface area contributed by atoms with Crippen molar-refractivity contribution in [3.8, 4) is 0 Å². The van der Waals surface area contributed by atoms with Gasteiger partial charge in [-0.2, -0.15) is 0 Å². The minimum atomic E-state index is -0.972. The molecule has 2 N–H and O–H groups in total. The fourth-order valence-electron chi connectivity index (χ4n) is 1.84. The summed E-state index contributed by atoms with van der Waals surface area (Å²) < 4.78 is 0. The summed E-state index contributed by atoms with van der Waals surface area (Å²) in [4.78, 5) is 14.8. The molecule has 19 heavy (non-hydrogen) atoms. The van der Waals surface area contributed by atoms with E-state index in [1.165, 1.54) is 11.1 Å². The van der Waals surface area contributed by atoms with E-state index in [1.807, 2.05) is 6.07 Å². The molecule has 0 unspecified atom stereocenters. The molecule has 2 rings (SSSR count). The van der Waals surface area contributed by atoms with Crippen molar-refractivity contribution < 1.29 is 9.90 Å². The van der Waals surface area contributed by atoms with Crippen molar-refractivity contribution >= 4 is 23.0 Å². The van der Waals surface area contributed by atoms with E-state index >= 15 is 0 Å². The predicted octanol–water partition coefficient (Wildman–Crippen LogP) is 3.32. The largest absolute Gasteiger partial charge is 0.476 e. The van der Waals surface area contributed by atoms with Gasteiger partial charge in [-0.1, -0.05) is 13.0 Å². The zero-order chi connectivity index (χ0) is 13.8. The summed E-state index contributed by atoms with van der Waals surface area (Å²) in [5, 5.41) is 14.0. The fourth-order valence-corrected chi connectivity index (χ4v) is 2.50. The molecule has 0 saturated heterocycles. The van der Waals surface area contributed by atoms with E-state index < -0.39 is 5.97 Å². The molecule has 0 aliphatic carbocycles. The first-order chi connectivity index (χ1) is 9.10. The van der Waals surface area contributed by atoms with Crippen LogP contribution in [0.1, 0.15) is 33.5 Å². The number of rotatable bonds is 5. The van der Waals surface area contributed by atoms with Gasteiger partial charge in [-0.3, -0.25) is 0 Å². The second-order valence-corrected chi connectivity index (χ2v) is 5.16. The number of hydrogen-bond donors (Lipinski definition) is 2. The Balaban J connectivity index is 2.03. The number of nitrogens with zero attached hydrogens (tertiary/aromatic N) is 1. The number of thiazole rings is 1. The highest BCUT2D eigenvalue weighted by molar-refractivity contribution is 7.11. The average molecular weight is 276 g/mol. The molecule has 1 aromatic carbocycles. The molecule has 0 fully saturated rings. The first-order valence-corrected chi connectivity index (χ1v) is 6.99. The second kappa shape index (κ2) is 5.84. The van der Waals surface area contributed by atoms with Gasteiger partial charge in [0.2, 0.25) is 5.01 Å². The third kappa shape index (κ3) is 3.32. The van der Waals surface area contributed by atoms with Crippen molar-refractivity contribution in [2.24, 2.45) is 0 Å². The lowest BCUT2D eigenvalue weighted by Gasteiger charge is -2.08. The summed E-state index contributed by atoms with van der Waals surface area (Å²) in [6, 6.07) is 6.24. The summed E-state index contributed by atoms with van der Waals surface area (Å²) in [5.41, 5.74) is 4.39. The number of anilines is 1. The van der Waals surface area contributed by atoms with Crippen LogP contribution >= 0.6 is 11.3 Å². The smallest absolute Gasteiger partial charge is 0.365 e. The lowest BCUT2D eigenvalue weighted by molar-refractivity contribution is 0.0696. The third-order valence-electron chi connectivity index (χ3n) is 2.94. The molecule has 1 aromatic heterocycles. The maximum atomic E-state index is 10.7. The number of aromatic carboxylic acids is 1. The van der Waals surface area contributed by atoms with Crippen LogP contribution in [0.5, 0.6) is 0 Å². The number of carboxylic acid groups (broad SMARTS) is 1. The lowest BCUT2D eigenvalue weighted by Crippen LogP contribution is -2.02. The van der Waals surface area contributed by atoms with E-state index in [-0.39, 0.29) is 5.01 Å². The van der Waals surface area contributed by atoms with Gasteiger partial charge in [0.15, 0.2) is 0 Å². The van der Waals surface area contributed by atoms with Crippen LogP contribution in [0.25, 0.3) is 0 Å². The van der Waals surface area contributed by atoms with Crippen LogP contribution in [0.4, 0.5) is 5.69 Å². The molecule has 100 valence electrons. The zero-order valence-corrected chi connectivity index (χ0v) is 11.8. The molecule has 0 atom stereocenters. The topological polar surface area (TPSA) is 62.2 Å². The van der Waals surface area contributed by atoms with Gasteiger partial charge < -0.3 is 10.4 Å². The summed E-state index contributed by atoms with van der Waals surface area (Å²) in [5.74, 6) is -0.972.